The Morgan fingerprint density at radius 3 is 2.81 bits per heavy atom. The van der Waals surface area contributed by atoms with Crippen molar-refractivity contribution in [3.05, 3.63) is 78.0 Å². The number of hydrogen-bond acceptors (Lipinski definition) is 4. The zero-order valence-electron chi connectivity index (χ0n) is 13.9. The summed E-state index contributed by atoms with van der Waals surface area (Å²) in [4.78, 5) is 20.5. The molecule has 2 heterocycles. The largest absolute Gasteiger partial charge is 0.488 e. The number of carbonyl (C=O) groups is 1. The van der Waals surface area contributed by atoms with Gasteiger partial charge in [-0.05, 0) is 48.0 Å². The fourth-order valence-electron chi connectivity index (χ4n) is 2.95. The van der Waals surface area contributed by atoms with Crippen molar-refractivity contribution in [2.75, 3.05) is 6.54 Å². The average molecular weight is 349 g/mol. The number of benzene rings is 2. The highest BCUT2D eigenvalue weighted by atomic mass is 19.1. The van der Waals surface area contributed by atoms with Crippen LogP contribution in [0.4, 0.5) is 4.39 Å². The van der Waals surface area contributed by atoms with Crippen molar-refractivity contribution in [2.45, 2.75) is 12.5 Å². The van der Waals surface area contributed by atoms with Gasteiger partial charge in [0.1, 0.15) is 17.7 Å². The zero-order valence-corrected chi connectivity index (χ0v) is 13.9. The van der Waals surface area contributed by atoms with Gasteiger partial charge in [0.15, 0.2) is 0 Å². The second-order valence-corrected chi connectivity index (χ2v) is 6.07. The molecule has 0 aliphatic carbocycles. The lowest BCUT2D eigenvalue weighted by molar-refractivity contribution is 0.0933. The Labute approximate surface area is 149 Å². The van der Waals surface area contributed by atoms with Crippen LogP contribution in [0.15, 0.2) is 61.1 Å². The van der Waals surface area contributed by atoms with Crippen molar-refractivity contribution in [1.29, 1.82) is 0 Å². The summed E-state index contributed by atoms with van der Waals surface area (Å²) < 4.78 is 18.8. The maximum atomic E-state index is 12.9. The van der Waals surface area contributed by atoms with Crippen LogP contribution in [0.25, 0.3) is 11.3 Å². The number of hydrogen-bond donors (Lipinski definition) is 1. The van der Waals surface area contributed by atoms with Crippen LogP contribution < -0.4 is 10.1 Å². The fraction of sp³-hybridized carbons (Fsp3) is 0.150. The van der Waals surface area contributed by atoms with Crippen LogP contribution >= 0.6 is 0 Å². The van der Waals surface area contributed by atoms with Crippen molar-refractivity contribution in [1.82, 2.24) is 15.3 Å². The molecule has 0 bridgehead atoms. The summed E-state index contributed by atoms with van der Waals surface area (Å²) >= 11 is 0. The lowest BCUT2D eigenvalue weighted by atomic mass is 10.0. The topological polar surface area (TPSA) is 64.1 Å². The molecule has 1 amide bonds. The first kappa shape index (κ1) is 16.2. The van der Waals surface area contributed by atoms with E-state index in [9.17, 15) is 9.18 Å². The summed E-state index contributed by atoms with van der Waals surface area (Å²) in [5, 5.41) is 2.83. The molecular formula is C20H16FN3O2. The van der Waals surface area contributed by atoms with E-state index in [2.05, 4.69) is 15.3 Å². The molecule has 4 rings (SSSR count). The molecule has 0 spiro atoms. The van der Waals surface area contributed by atoms with Crippen LogP contribution in [-0.2, 0) is 6.42 Å². The van der Waals surface area contributed by atoms with Gasteiger partial charge < -0.3 is 10.1 Å². The standard InChI is InChI=1S/C20H16FN3O2/c21-16-4-1-13(2-5-16)20(25)24-11-17-10-15-9-14(3-6-19(15)26-17)18-12-22-7-8-23-18/h1-9,12,17H,10-11H2,(H,24,25). The Morgan fingerprint density at radius 1 is 1.19 bits per heavy atom. The maximum Gasteiger partial charge on any atom is 0.251 e. The summed E-state index contributed by atoms with van der Waals surface area (Å²) in [6, 6.07) is 11.4. The van der Waals surface area contributed by atoms with Gasteiger partial charge in [0.05, 0.1) is 18.4 Å². The van der Waals surface area contributed by atoms with Gasteiger partial charge in [-0.3, -0.25) is 14.8 Å². The monoisotopic (exact) mass is 349 g/mol. The van der Waals surface area contributed by atoms with Crippen molar-refractivity contribution in [3.8, 4) is 17.0 Å². The predicted molar refractivity (Wildman–Crippen MR) is 94.3 cm³/mol. The molecule has 1 unspecified atom stereocenters. The summed E-state index contributed by atoms with van der Waals surface area (Å²) in [5.41, 5.74) is 3.29. The van der Waals surface area contributed by atoms with Gasteiger partial charge >= 0.3 is 0 Å². The van der Waals surface area contributed by atoms with E-state index in [1.165, 1.54) is 24.3 Å². The smallest absolute Gasteiger partial charge is 0.251 e. The number of nitrogens with zero attached hydrogens (tertiary/aromatic N) is 2. The molecule has 1 aromatic heterocycles. The normalized spacial score (nSPS) is 15.2. The third-order valence-corrected chi connectivity index (χ3v) is 4.26. The number of nitrogens with one attached hydrogen (secondary N) is 1. The van der Waals surface area contributed by atoms with E-state index in [0.717, 1.165) is 22.6 Å². The third-order valence-electron chi connectivity index (χ3n) is 4.26. The molecule has 3 aromatic rings. The molecule has 1 N–H and O–H groups in total. The Balaban J connectivity index is 1.39. The van der Waals surface area contributed by atoms with Crippen LogP contribution in [0.2, 0.25) is 0 Å². The van der Waals surface area contributed by atoms with Crippen LogP contribution in [0, 0.1) is 5.82 Å². The molecule has 1 atom stereocenters. The van der Waals surface area contributed by atoms with Gasteiger partial charge in [0, 0.05) is 29.9 Å². The Bertz CT molecular complexity index is 930. The maximum absolute atomic E-state index is 12.9. The first-order valence-electron chi connectivity index (χ1n) is 8.29. The van der Waals surface area contributed by atoms with E-state index in [-0.39, 0.29) is 17.8 Å². The highest BCUT2D eigenvalue weighted by Crippen LogP contribution is 2.32. The van der Waals surface area contributed by atoms with Gasteiger partial charge in [-0.15, -0.1) is 0 Å². The molecule has 130 valence electrons. The molecule has 0 radical (unpaired) electrons. The van der Waals surface area contributed by atoms with E-state index in [1.54, 1.807) is 18.6 Å². The fourth-order valence-corrected chi connectivity index (χ4v) is 2.95. The quantitative estimate of drug-likeness (QED) is 0.786. The molecule has 26 heavy (non-hydrogen) atoms. The van der Waals surface area contributed by atoms with Crippen molar-refractivity contribution in [3.63, 3.8) is 0 Å². The number of aromatic nitrogens is 2. The van der Waals surface area contributed by atoms with E-state index >= 15 is 0 Å². The minimum Gasteiger partial charge on any atom is -0.488 e. The first-order chi connectivity index (χ1) is 12.7. The number of halogens is 1. The van der Waals surface area contributed by atoms with Crippen molar-refractivity contribution >= 4 is 5.91 Å². The Kier molecular flexibility index (Phi) is 4.31. The minimum absolute atomic E-state index is 0.133. The first-order valence-corrected chi connectivity index (χ1v) is 8.29. The van der Waals surface area contributed by atoms with E-state index in [0.29, 0.717) is 18.5 Å². The number of carbonyl (C=O) groups excluding carboxylic acids is 1. The summed E-state index contributed by atoms with van der Waals surface area (Å²) in [6.45, 7) is 0.380. The Hall–Kier alpha value is -3.28. The molecule has 2 aromatic carbocycles. The molecule has 0 saturated carbocycles. The Morgan fingerprint density at radius 2 is 2.04 bits per heavy atom. The molecule has 6 heteroatoms. The number of rotatable bonds is 4. The highest BCUT2D eigenvalue weighted by Gasteiger charge is 2.24. The van der Waals surface area contributed by atoms with E-state index < -0.39 is 0 Å². The summed E-state index contributed by atoms with van der Waals surface area (Å²) in [5.74, 6) is 0.207. The second kappa shape index (κ2) is 6.92. The lowest BCUT2D eigenvalue weighted by Gasteiger charge is -2.12. The highest BCUT2D eigenvalue weighted by molar-refractivity contribution is 5.94. The number of ether oxygens (including phenoxy) is 1. The van der Waals surface area contributed by atoms with Crippen LogP contribution in [0.5, 0.6) is 5.75 Å². The summed E-state index contributed by atoms with van der Waals surface area (Å²) in [7, 11) is 0. The van der Waals surface area contributed by atoms with Crippen molar-refractivity contribution < 1.29 is 13.9 Å². The van der Waals surface area contributed by atoms with Gasteiger partial charge in [-0.25, -0.2) is 4.39 Å². The predicted octanol–water partition coefficient (Wildman–Crippen LogP) is 3.02. The molecule has 1 aliphatic rings. The van der Waals surface area contributed by atoms with Crippen LogP contribution in [0.3, 0.4) is 0 Å². The molecule has 0 fully saturated rings. The molecule has 0 saturated heterocycles. The lowest BCUT2D eigenvalue weighted by Crippen LogP contribution is -2.34. The number of amides is 1. The molecule has 1 aliphatic heterocycles. The summed E-state index contributed by atoms with van der Waals surface area (Å²) in [6.07, 6.45) is 5.59. The van der Waals surface area contributed by atoms with E-state index in [1.807, 2.05) is 18.2 Å². The minimum atomic E-state index is -0.366. The average Bonchev–Trinajstić information content (AvgIpc) is 3.09. The van der Waals surface area contributed by atoms with Crippen LogP contribution in [-0.4, -0.2) is 28.5 Å². The number of fused-ring (bicyclic) bond motifs is 1. The van der Waals surface area contributed by atoms with Gasteiger partial charge in [-0.2, -0.15) is 0 Å². The van der Waals surface area contributed by atoms with Crippen molar-refractivity contribution in [2.24, 2.45) is 0 Å². The van der Waals surface area contributed by atoms with Gasteiger partial charge in [-0.1, -0.05) is 0 Å². The zero-order chi connectivity index (χ0) is 17.9. The van der Waals surface area contributed by atoms with Gasteiger partial charge in [0.2, 0.25) is 0 Å². The third kappa shape index (κ3) is 3.39. The SMILES string of the molecule is O=C(NCC1Cc2cc(-c3cnccn3)ccc2O1)c1ccc(F)cc1. The van der Waals surface area contributed by atoms with Gasteiger partial charge in [0.25, 0.3) is 5.91 Å². The molecule has 5 nitrogen and oxygen atoms in total. The molecular weight excluding hydrogens is 333 g/mol. The van der Waals surface area contributed by atoms with E-state index in [4.69, 9.17) is 4.74 Å². The van der Waals surface area contributed by atoms with Crippen LogP contribution in [0.1, 0.15) is 15.9 Å². The second-order valence-electron chi connectivity index (χ2n) is 6.07.